The number of nitrogens with zero attached hydrogens (tertiary/aromatic N) is 2. The van der Waals surface area contributed by atoms with Crippen LogP contribution in [0.25, 0.3) is 0 Å². The minimum Gasteiger partial charge on any atom is -0.350 e. The maximum atomic E-state index is 12.6. The van der Waals surface area contributed by atoms with Crippen molar-refractivity contribution in [2.75, 3.05) is 20.6 Å². The summed E-state index contributed by atoms with van der Waals surface area (Å²) >= 11 is 3.40. The van der Waals surface area contributed by atoms with E-state index >= 15 is 0 Å². The van der Waals surface area contributed by atoms with Gasteiger partial charge in [0.1, 0.15) is 4.34 Å². The van der Waals surface area contributed by atoms with Gasteiger partial charge in [-0.2, -0.15) is 0 Å². The number of amides is 1. The first-order valence-electron chi connectivity index (χ1n) is 9.57. The van der Waals surface area contributed by atoms with Gasteiger partial charge >= 0.3 is 0 Å². The van der Waals surface area contributed by atoms with Gasteiger partial charge in [-0.1, -0.05) is 53.7 Å². The lowest BCUT2D eigenvalue weighted by Gasteiger charge is -2.25. The summed E-state index contributed by atoms with van der Waals surface area (Å²) in [6.07, 6.45) is 0. The summed E-state index contributed by atoms with van der Waals surface area (Å²) in [5.41, 5.74) is 5.37. The van der Waals surface area contributed by atoms with E-state index in [1.807, 2.05) is 45.3 Å². The zero-order valence-electron chi connectivity index (χ0n) is 17.3. The van der Waals surface area contributed by atoms with Crippen molar-refractivity contribution in [3.05, 3.63) is 81.9 Å². The number of aryl methyl sites for hydroxylation is 2. The van der Waals surface area contributed by atoms with Crippen LogP contribution in [0.15, 0.2) is 58.3 Å². The summed E-state index contributed by atoms with van der Waals surface area (Å²) in [5.74, 6) is 0.809. The largest absolute Gasteiger partial charge is 0.350 e. The Bertz CT molecular complexity index is 934. The van der Waals surface area contributed by atoms with Gasteiger partial charge in [0, 0.05) is 28.9 Å². The van der Waals surface area contributed by atoms with Gasteiger partial charge in [0.05, 0.1) is 6.04 Å². The highest BCUT2D eigenvalue weighted by Crippen LogP contribution is 2.26. The molecule has 1 atom stereocenters. The van der Waals surface area contributed by atoms with Crippen LogP contribution >= 0.6 is 23.1 Å². The van der Waals surface area contributed by atoms with Gasteiger partial charge in [-0.15, -0.1) is 11.3 Å². The molecule has 0 saturated heterocycles. The molecule has 0 spiro atoms. The number of benzene rings is 2. The van der Waals surface area contributed by atoms with Gasteiger partial charge in [-0.3, -0.25) is 4.79 Å². The molecule has 0 aliphatic rings. The fourth-order valence-corrected chi connectivity index (χ4v) is 4.78. The van der Waals surface area contributed by atoms with E-state index in [0.717, 1.165) is 15.8 Å². The molecule has 1 amide bonds. The Kier molecular flexibility index (Phi) is 7.47. The monoisotopic (exact) mass is 425 g/mol. The third kappa shape index (κ3) is 6.16. The molecule has 6 heteroatoms. The van der Waals surface area contributed by atoms with Crippen LogP contribution in [0, 0.1) is 13.8 Å². The van der Waals surface area contributed by atoms with Crippen molar-refractivity contribution < 1.29 is 4.79 Å². The zero-order chi connectivity index (χ0) is 20.8. The van der Waals surface area contributed by atoms with E-state index in [4.69, 9.17) is 0 Å². The number of aromatic nitrogens is 1. The molecule has 29 heavy (non-hydrogen) atoms. The van der Waals surface area contributed by atoms with Gasteiger partial charge in [0.25, 0.3) is 5.91 Å². The maximum absolute atomic E-state index is 12.6. The minimum atomic E-state index is -0.0429. The SMILES string of the molecule is Cc1ccc(C(CNC(=O)c2ccc(CSc3nc(C)cs3)cc2)N(C)C)cc1. The number of hydrogen-bond acceptors (Lipinski definition) is 5. The van der Waals surface area contributed by atoms with Crippen molar-refractivity contribution in [1.29, 1.82) is 0 Å². The molecule has 0 aliphatic carbocycles. The van der Waals surface area contributed by atoms with Crippen LogP contribution in [0.1, 0.15) is 38.8 Å². The van der Waals surface area contributed by atoms with Crippen LogP contribution in [0.4, 0.5) is 0 Å². The Balaban J connectivity index is 1.56. The summed E-state index contributed by atoms with van der Waals surface area (Å²) in [6, 6.07) is 16.4. The second-order valence-electron chi connectivity index (χ2n) is 7.34. The van der Waals surface area contributed by atoms with Crippen LogP contribution in [-0.4, -0.2) is 36.4 Å². The number of carbonyl (C=O) groups is 1. The second kappa shape index (κ2) is 10.1. The molecular weight excluding hydrogens is 398 g/mol. The summed E-state index contributed by atoms with van der Waals surface area (Å²) < 4.78 is 1.08. The molecule has 0 radical (unpaired) electrons. The number of nitrogens with one attached hydrogen (secondary N) is 1. The van der Waals surface area contributed by atoms with Crippen molar-refractivity contribution in [3.8, 4) is 0 Å². The highest BCUT2D eigenvalue weighted by molar-refractivity contribution is 8.00. The fraction of sp³-hybridized carbons (Fsp3) is 0.304. The average molecular weight is 426 g/mol. The Morgan fingerprint density at radius 3 is 2.38 bits per heavy atom. The van der Waals surface area contributed by atoms with E-state index in [2.05, 4.69) is 51.8 Å². The normalized spacial score (nSPS) is 12.2. The third-order valence-electron chi connectivity index (χ3n) is 4.72. The number of rotatable bonds is 8. The van der Waals surface area contributed by atoms with Gasteiger partial charge in [0.2, 0.25) is 0 Å². The molecule has 0 aliphatic heterocycles. The number of hydrogen-bond donors (Lipinski definition) is 1. The summed E-state index contributed by atoms with van der Waals surface area (Å²) in [5, 5.41) is 5.14. The lowest BCUT2D eigenvalue weighted by atomic mass is 10.0. The molecular formula is C23H27N3OS2. The van der Waals surface area contributed by atoms with E-state index in [1.165, 1.54) is 16.7 Å². The molecule has 2 aromatic carbocycles. The first kappa shape index (κ1) is 21.6. The molecule has 3 rings (SSSR count). The lowest BCUT2D eigenvalue weighted by molar-refractivity contribution is 0.0942. The highest BCUT2D eigenvalue weighted by Gasteiger charge is 2.16. The molecule has 1 heterocycles. The number of carbonyl (C=O) groups excluding carboxylic acids is 1. The first-order valence-corrected chi connectivity index (χ1v) is 11.4. The number of likely N-dealkylation sites (N-methyl/N-ethyl adjacent to an activating group) is 1. The Labute approximate surface area is 181 Å². The van der Waals surface area contributed by atoms with Gasteiger partial charge in [0.15, 0.2) is 0 Å². The molecule has 4 nitrogen and oxygen atoms in total. The van der Waals surface area contributed by atoms with Crippen molar-refractivity contribution in [2.45, 2.75) is 30.0 Å². The quantitative estimate of drug-likeness (QED) is 0.511. The fourth-order valence-electron chi connectivity index (χ4n) is 2.97. The van der Waals surface area contributed by atoms with Gasteiger partial charge in [-0.25, -0.2) is 4.98 Å². The van der Waals surface area contributed by atoms with E-state index in [9.17, 15) is 4.79 Å². The van der Waals surface area contributed by atoms with Crippen molar-refractivity contribution in [1.82, 2.24) is 15.2 Å². The predicted octanol–water partition coefficient (Wildman–Crippen LogP) is 5.08. The van der Waals surface area contributed by atoms with E-state index in [0.29, 0.717) is 12.1 Å². The number of thioether (sulfide) groups is 1. The molecule has 0 fully saturated rings. The van der Waals surface area contributed by atoms with Crippen molar-refractivity contribution in [3.63, 3.8) is 0 Å². The van der Waals surface area contributed by atoms with Crippen LogP contribution in [0.5, 0.6) is 0 Å². The third-order valence-corrected chi connectivity index (χ3v) is 6.93. The molecule has 1 unspecified atom stereocenters. The summed E-state index contributed by atoms with van der Waals surface area (Å²) in [6.45, 7) is 4.65. The molecule has 152 valence electrons. The average Bonchev–Trinajstić information content (AvgIpc) is 3.13. The topological polar surface area (TPSA) is 45.2 Å². The number of thiazole rings is 1. The smallest absolute Gasteiger partial charge is 0.251 e. The Morgan fingerprint density at radius 2 is 1.79 bits per heavy atom. The van der Waals surface area contributed by atoms with Crippen molar-refractivity contribution in [2.24, 2.45) is 0 Å². The van der Waals surface area contributed by atoms with E-state index < -0.39 is 0 Å². The minimum absolute atomic E-state index is 0.0429. The van der Waals surface area contributed by atoms with Crippen molar-refractivity contribution >= 4 is 29.0 Å². The summed E-state index contributed by atoms with van der Waals surface area (Å²) in [4.78, 5) is 19.2. The maximum Gasteiger partial charge on any atom is 0.251 e. The lowest BCUT2D eigenvalue weighted by Crippen LogP contribution is -2.34. The molecule has 3 aromatic rings. The summed E-state index contributed by atoms with van der Waals surface area (Å²) in [7, 11) is 4.07. The van der Waals surface area contributed by atoms with Crippen LogP contribution in [-0.2, 0) is 5.75 Å². The van der Waals surface area contributed by atoms with E-state index in [1.54, 1.807) is 23.1 Å². The molecule has 0 saturated carbocycles. The van der Waals surface area contributed by atoms with Gasteiger partial charge in [-0.05, 0) is 51.2 Å². The second-order valence-corrected chi connectivity index (χ2v) is 9.42. The van der Waals surface area contributed by atoms with Crippen LogP contribution < -0.4 is 5.32 Å². The Hall–Kier alpha value is -2.15. The highest BCUT2D eigenvalue weighted by atomic mass is 32.2. The Morgan fingerprint density at radius 1 is 1.10 bits per heavy atom. The van der Waals surface area contributed by atoms with E-state index in [-0.39, 0.29) is 11.9 Å². The molecule has 1 N–H and O–H groups in total. The predicted molar refractivity (Wildman–Crippen MR) is 123 cm³/mol. The van der Waals surface area contributed by atoms with Crippen LogP contribution in [0.2, 0.25) is 0 Å². The molecule has 1 aromatic heterocycles. The zero-order valence-corrected chi connectivity index (χ0v) is 18.9. The van der Waals surface area contributed by atoms with Crippen LogP contribution in [0.3, 0.4) is 0 Å². The molecule has 0 bridgehead atoms. The standard InChI is InChI=1S/C23H27N3OS2/c1-16-5-9-19(10-6-16)21(26(3)4)13-24-22(27)20-11-7-18(8-12-20)15-29-23-25-17(2)14-28-23/h5-12,14,21H,13,15H2,1-4H3,(H,24,27). The first-order chi connectivity index (χ1) is 13.9. The van der Waals surface area contributed by atoms with Gasteiger partial charge < -0.3 is 10.2 Å².